The van der Waals surface area contributed by atoms with E-state index in [2.05, 4.69) is 20.8 Å². The molecule has 0 radical (unpaired) electrons. The Bertz CT molecular complexity index is 680. The number of amides is 1. The van der Waals surface area contributed by atoms with E-state index >= 15 is 0 Å². The number of aryl methyl sites for hydroxylation is 1. The van der Waals surface area contributed by atoms with Crippen LogP contribution in [-0.4, -0.2) is 36.2 Å². The highest BCUT2D eigenvalue weighted by Gasteiger charge is 2.17. The first kappa shape index (κ1) is 16.4. The normalized spacial score (nSPS) is 17.0. The molecule has 1 aliphatic heterocycles. The number of para-hydroxylation sites is 2. The standard InChI is InChI=1S/C17H22N4O3/c1-23-14-5-3-2-4-13(14)19-16(22)10-15-20-17(24-21-15)7-6-12-8-9-18-11-12/h2-5,12,18H,6-11H2,1H3,(H,19,22). The maximum atomic E-state index is 12.1. The number of anilines is 1. The number of nitrogens with one attached hydrogen (secondary N) is 2. The van der Waals surface area contributed by atoms with Crippen LogP contribution >= 0.6 is 0 Å². The minimum atomic E-state index is -0.202. The lowest BCUT2D eigenvalue weighted by Crippen LogP contribution is -2.15. The number of nitrogens with zero attached hydrogens (tertiary/aromatic N) is 2. The predicted octanol–water partition coefficient (Wildman–Crippen LogP) is 1.80. The lowest BCUT2D eigenvalue weighted by molar-refractivity contribution is -0.115. The number of carbonyl (C=O) groups excluding carboxylic acids is 1. The Morgan fingerprint density at radius 2 is 2.33 bits per heavy atom. The van der Waals surface area contributed by atoms with Crippen molar-refractivity contribution in [3.8, 4) is 5.75 Å². The van der Waals surface area contributed by atoms with Crippen LogP contribution in [0.5, 0.6) is 5.75 Å². The van der Waals surface area contributed by atoms with Crippen molar-refractivity contribution in [2.75, 3.05) is 25.5 Å². The quantitative estimate of drug-likeness (QED) is 0.805. The molecule has 128 valence electrons. The third-order valence-electron chi connectivity index (χ3n) is 4.14. The molecule has 7 nitrogen and oxygen atoms in total. The van der Waals surface area contributed by atoms with Gasteiger partial charge in [0.15, 0.2) is 5.82 Å². The highest BCUT2D eigenvalue weighted by atomic mass is 16.5. The third-order valence-corrected chi connectivity index (χ3v) is 4.14. The molecule has 0 spiro atoms. The van der Waals surface area contributed by atoms with E-state index < -0.39 is 0 Å². The summed E-state index contributed by atoms with van der Waals surface area (Å²) in [4.78, 5) is 16.4. The molecule has 1 atom stereocenters. The van der Waals surface area contributed by atoms with Crippen LogP contribution in [0.4, 0.5) is 5.69 Å². The van der Waals surface area contributed by atoms with Crippen molar-refractivity contribution in [2.24, 2.45) is 5.92 Å². The van der Waals surface area contributed by atoms with E-state index in [1.807, 2.05) is 12.1 Å². The number of carbonyl (C=O) groups is 1. The van der Waals surface area contributed by atoms with Crippen LogP contribution in [0.1, 0.15) is 24.6 Å². The number of hydrogen-bond acceptors (Lipinski definition) is 6. The van der Waals surface area contributed by atoms with Crippen molar-refractivity contribution >= 4 is 11.6 Å². The van der Waals surface area contributed by atoms with Crippen molar-refractivity contribution in [3.63, 3.8) is 0 Å². The summed E-state index contributed by atoms with van der Waals surface area (Å²) in [6.45, 7) is 2.14. The van der Waals surface area contributed by atoms with Gasteiger partial charge >= 0.3 is 0 Å². The van der Waals surface area contributed by atoms with Crippen molar-refractivity contribution in [1.29, 1.82) is 0 Å². The zero-order chi connectivity index (χ0) is 16.8. The van der Waals surface area contributed by atoms with Gasteiger partial charge < -0.3 is 19.9 Å². The number of methoxy groups -OCH3 is 1. The fraction of sp³-hybridized carbons (Fsp3) is 0.471. The lowest BCUT2D eigenvalue weighted by atomic mass is 10.0. The van der Waals surface area contributed by atoms with Gasteiger partial charge in [-0.15, -0.1) is 0 Å². The van der Waals surface area contributed by atoms with Crippen LogP contribution in [-0.2, 0) is 17.6 Å². The number of hydrogen-bond donors (Lipinski definition) is 2. The smallest absolute Gasteiger partial charge is 0.232 e. The molecule has 24 heavy (non-hydrogen) atoms. The molecular formula is C17H22N4O3. The number of ether oxygens (including phenoxy) is 1. The Kier molecular flexibility index (Phi) is 5.43. The third kappa shape index (κ3) is 4.32. The summed E-state index contributed by atoms with van der Waals surface area (Å²) in [7, 11) is 1.57. The molecule has 2 aromatic rings. The maximum Gasteiger partial charge on any atom is 0.232 e. The minimum Gasteiger partial charge on any atom is -0.495 e. The van der Waals surface area contributed by atoms with E-state index in [-0.39, 0.29) is 12.3 Å². The van der Waals surface area contributed by atoms with E-state index in [1.54, 1.807) is 19.2 Å². The van der Waals surface area contributed by atoms with Gasteiger partial charge in [-0.05, 0) is 44.0 Å². The van der Waals surface area contributed by atoms with Gasteiger partial charge in [-0.3, -0.25) is 4.79 Å². The average Bonchev–Trinajstić information content (AvgIpc) is 3.25. The first-order valence-corrected chi connectivity index (χ1v) is 8.19. The molecule has 0 aliphatic carbocycles. The summed E-state index contributed by atoms with van der Waals surface area (Å²) < 4.78 is 10.4. The molecule has 1 aromatic carbocycles. The molecule has 2 heterocycles. The summed E-state index contributed by atoms with van der Waals surface area (Å²) in [5.41, 5.74) is 0.627. The van der Waals surface area contributed by atoms with Crippen LogP contribution in [0.25, 0.3) is 0 Å². The topological polar surface area (TPSA) is 89.3 Å². The Balaban J connectivity index is 1.51. The molecule has 0 saturated carbocycles. The lowest BCUT2D eigenvalue weighted by Gasteiger charge is -2.08. The molecular weight excluding hydrogens is 308 g/mol. The Hall–Kier alpha value is -2.41. The molecule has 1 aliphatic rings. The first-order chi connectivity index (χ1) is 11.7. The van der Waals surface area contributed by atoms with E-state index in [0.29, 0.717) is 29.1 Å². The van der Waals surface area contributed by atoms with Gasteiger partial charge in [0.2, 0.25) is 11.8 Å². The van der Waals surface area contributed by atoms with Crippen molar-refractivity contribution in [2.45, 2.75) is 25.7 Å². The zero-order valence-corrected chi connectivity index (χ0v) is 13.7. The number of aromatic nitrogens is 2. The zero-order valence-electron chi connectivity index (χ0n) is 13.7. The number of rotatable bonds is 7. The summed E-state index contributed by atoms with van der Waals surface area (Å²) in [5.74, 6) is 2.09. The fourth-order valence-electron chi connectivity index (χ4n) is 2.84. The van der Waals surface area contributed by atoms with Crippen LogP contribution in [0.2, 0.25) is 0 Å². The van der Waals surface area contributed by atoms with Crippen molar-refractivity contribution in [3.05, 3.63) is 36.0 Å². The maximum absolute atomic E-state index is 12.1. The van der Waals surface area contributed by atoms with Gasteiger partial charge in [0.1, 0.15) is 5.75 Å². The van der Waals surface area contributed by atoms with Crippen molar-refractivity contribution in [1.82, 2.24) is 15.5 Å². The second-order valence-electron chi connectivity index (χ2n) is 5.93. The van der Waals surface area contributed by atoms with Gasteiger partial charge in [-0.1, -0.05) is 17.3 Å². The van der Waals surface area contributed by atoms with E-state index in [1.165, 1.54) is 6.42 Å². The highest BCUT2D eigenvalue weighted by molar-refractivity contribution is 5.93. The Morgan fingerprint density at radius 1 is 1.46 bits per heavy atom. The summed E-state index contributed by atoms with van der Waals surface area (Å²) in [6, 6.07) is 7.26. The summed E-state index contributed by atoms with van der Waals surface area (Å²) in [5, 5.41) is 10.0. The molecule has 7 heteroatoms. The van der Waals surface area contributed by atoms with E-state index in [0.717, 1.165) is 25.9 Å². The second kappa shape index (κ2) is 7.92. The monoisotopic (exact) mass is 330 g/mol. The van der Waals surface area contributed by atoms with Gasteiger partial charge in [0, 0.05) is 6.42 Å². The van der Waals surface area contributed by atoms with Gasteiger partial charge in [0.05, 0.1) is 19.2 Å². The van der Waals surface area contributed by atoms with Crippen LogP contribution in [0.15, 0.2) is 28.8 Å². The SMILES string of the molecule is COc1ccccc1NC(=O)Cc1noc(CCC2CCNC2)n1. The fourth-order valence-corrected chi connectivity index (χ4v) is 2.84. The Morgan fingerprint density at radius 3 is 3.12 bits per heavy atom. The molecule has 1 unspecified atom stereocenters. The highest BCUT2D eigenvalue weighted by Crippen LogP contribution is 2.23. The number of benzene rings is 1. The predicted molar refractivity (Wildman–Crippen MR) is 88.9 cm³/mol. The van der Waals surface area contributed by atoms with Gasteiger partial charge in [-0.2, -0.15) is 4.98 Å². The largest absolute Gasteiger partial charge is 0.495 e. The van der Waals surface area contributed by atoms with Crippen LogP contribution in [0, 0.1) is 5.92 Å². The van der Waals surface area contributed by atoms with Crippen LogP contribution in [0.3, 0.4) is 0 Å². The van der Waals surface area contributed by atoms with Crippen LogP contribution < -0.4 is 15.4 Å². The second-order valence-corrected chi connectivity index (χ2v) is 5.93. The van der Waals surface area contributed by atoms with E-state index in [4.69, 9.17) is 9.26 Å². The van der Waals surface area contributed by atoms with Gasteiger partial charge in [0.25, 0.3) is 0 Å². The van der Waals surface area contributed by atoms with E-state index in [9.17, 15) is 4.79 Å². The molecule has 3 rings (SSSR count). The molecule has 0 bridgehead atoms. The molecule has 1 fully saturated rings. The summed E-state index contributed by atoms with van der Waals surface area (Å²) in [6.07, 6.45) is 3.06. The molecule has 2 N–H and O–H groups in total. The minimum absolute atomic E-state index is 0.0759. The van der Waals surface area contributed by atoms with Crippen molar-refractivity contribution < 1.29 is 14.1 Å². The average molecular weight is 330 g/mol. The first-order valence-electron chi connectivity index (χ1n) is 8.19. The Labute approximate surface area is 140 Å². The molecule has 1 saturated heterocycles. The van der Waals surface area contributed by atoms with Gasteiger partial charge in [-0.25, -0.2) is 0 Å². The summed E-state index contributed by atoms with van der Waals surface area (Å²) >= 11 is 0. The molecule has 1 aromatic heterocycles. The molecule has 1 amide bonds.